The summed E-state index contributed by atoms with van der Waals surface area (Å²) in [7, 11) is 0. The van der Waals surface area contributed by atoms with E-state index in [1.165, 1.54) is 11.3 Å². The van der Waals surface area contributed by atoms with Gasteiger partial charge < -0.3 is 5.32 Å². The summed E-state index contributed by atoms with van der Waals surface area (Å²) in [5.74, 6) is 0. The lowest BCUT2D eigenvalue weighted by Crippen LogP contribution is -2.01. The summed E-state index contributed by atoms with van der Waals surface area (Å²) in [6, 6.07) is 13.1. The molecule has 2 aromatic heterocycles. The Labute approximate surface area is 142 Å². The van der Waals surface area contributed by atoms with E-state index in [0.29, 0.717) is 15.3 Å². The van der Waals surface area contributed by atoms with Crippen LogP contribution in [-0.2, 0) is 0 Å². The summed E-state index contributed by atoms with van der Waals surface area (Å²) in [5.41, 5.74) is 5.24. The molecular weight excluding hydrogens is 332 g/mol. The van der Waals surface area contributed by atoms with Crippen LogP contribution < -0.4 is 10.7 Å². The van der Waals surface area contributed by atoms with Crippen molar-refractivity contribution in [2.75, 3.05) is 10.7 Å². The molecule has 116 valence electrons. The van der Waals surface area contributed by atoms with E-state index in [4.69, 9.17) is 11.6 Å². The van der Waals surface area contributed by atoms with E-state index in [9.17, 15) is 0 Å². The largest absolute Gasteiger partial charge is 0.329 e. The second kappa shape index (κ2) is 7.17. The number of hydrazone groups is 1. The van der Waals surface area contributed by atoms with E-state index in [-0.39, 0.29) is 0 Å². The first kappa shape index (κ1) is 15.4. The highest BCUT2D eigenvalue weighted by atomic mass is 35.5. The zero-order valence-electron chi connectivity index (χ0n) is 12.2. The van der Waals surface area contributed by atoms with Gasteiger partial charge in [0.15, 0.2) is 0 Å². The van der Waals surface area contributed by atoms with Gasteiger partial charge in [-0.2, -0.15) is 5.10 Å². The van der Waals surface area contributed by atoms with Gasteiger partial charge in [-0.1, -0.05) is 41.1 Å². The third kappa shape index (κ3) is 4.02. The molecule has 23 heavy (non-hydrogen) atoms. The lowest BCUT2D eigenvalue weighted by atomic mass is 10.3. The van der Waals surface area contributed by atoms with E-state index in [2.05, 4.69) is 31.0 Å². The van der Waals surface area contributed by atoms with Crippen molar-refractivity contribution in [1.29, 1.82) is 0 Å². The summed E-state index contributed by atoms with van der Waals surface area (Å²) in [6.07, 6.45) is 1.73. The lowest BCUT2D eigenvalue weighted by molar-refractivity contribution is 1.08. The van der Waals surface area contributed by atoms with Crippen molar-refractivity contribution in [2.24, 2.45) is 5.10 Å². The van der Waals surface area contributed by atoms with Gasteiger partial charge in [-0.15, -0.1) is 10.2 Å². The second-order valence-electron chi connectivity index (χ2n) is 4.54. The van der Waals surface area contributed by atoms with Gasteiger partial charge in [-0.05, 0) is 31.2 Å². The fraction of sp³-hybridized carbons (Fsp3) is 0.0667. The molecule has 0 atom stereocenters. The molecule has 1 aromatic carbocycles. The first-order chi connectivity index (χ1) is 11.2. The standard InChI is InChI=1S/C15H13ClN6S/c1-10(12-7-4-5-9-17-12)19-21-15-22-20-14(23-15)18-13-8-3-2-6-11(13)16/h2-9H,1H3,(H,18,20)(H,21,22)/b19-10-. The maximum absolute atomic E-state index is 6.10. The fourth-order valence-corrected chi connectivity index (χ4v) is 2.54. The van der Waals surface area contributed by atoms with Gasteiger partial charge in [0.1, 0.15) is 0 Å². The number of para-hydroxylation sites is 1. The van der Waals surface area contributed by atoms with Gasteiger partial charge in [0.25, 0.3) is 0 Å². The third-order valence-corrected chi connectivity index (χ3v) is 3.97. The summed E-state index contributed by atoms with van der Waals surface area (Å²) < 4.78 is 0. The van der Waals surface area contributed by atoms with Gasteiger partial charge in [0.2, 0.25) is 10.3 Å². The summed E-state index contributed by atoms with van der Waals surface area (Å²) in [4.78, 5) is 4.23. The number of pyridine rings is 1. The molecule has 0 spiro atoms. The van der Waals surface area contributed by atoms with Crippen molar-refractivity contribution in [3.63, 3.8) is 0 Å². The average molecular weight is 345 g/mol. The maximum atomic E-state index is 6.10. The van der Waals surface area contributed by atoms with Crippen LogP contribution in [0.2, 0.25) is 5.02 Å². The first-order valence-corrected chi connectivity index (χ1v) is 7.98. The molecule has 8 heteroatoms. The Hall–Kier alpha value is -2.51. The Morgan fingerprint density at radius 1 is 1.09 bits per heavy atom. The molecule has 0 saturated heterocycles. The van der Waals surface area contributed by atoms with E-state index in [0.717, 1.165) is 17.1 Å². The molecule has 6 nitrogen and oxygen atoms in total. The van der Waals surface area contributed by atoms with Gasteiger partial charge in [-0.3, -0.25) is 10.4 Å². The highest BCUT2D eigenvalue weighted by molar-refractivity contribution is 7.19. The van der Waals surface area contributed by atoms with Crippen LogP contribution >= 0.6 is 22.9 Å². The smallest absolute Gasteiger partial charge is 0.227 e. The SMILES string of the molecule is C/C(=N/Nc1nnc(Nc2ccccc2Cl)s1)c1ccccn1. The van der Waals surface area contributed by atoms with Crippen molar-refractivity contribution < 1.29 is 0 Å². The fourth-order valence-electron chi connectivity index (χ4n) is 1.76. The predicted molar refractivity (Wildman–Crippen MR) is 94.7 cm³/mol. The molecule has 0 aliphatic heterocycles. The van der Waals surface area contributed by atoms with Gasteiger partial charge >= 0.3 is 0 Å². The minimum absolute atomic E-state index is 0.579. The number of hydrogen-bond donors (Lipinski definition) is 2. The quantitative estimate of drug-likeness (QED) is 0.536. The number of anilines is 3. The van der Waals surface area contributed by atoms with Gasteiger partial charge in [-0.25, -0.2) is 0 Å². The summed E-state index contributed by atoms with van der Waals surface area (Å²) >= 11 is 7.44. The van der Waals surface area contributed by atoms with Crippen molar-refractivity contribution in [3.8, 4) is 0 Å². The van der Waals surface area contributed by atoms with E-state index in [1.54, 1.807) is 6.20 Å². The highest BCUT2D eigenvalue weighted by Gasteiger charge is 2.06. The van der Waals surface area contributed by atoms with Crippen LogP contribution in [0.4, 0.5) is 16.0 Å². The zero-order chi connectivity index (χ0) is 16.1. The van der Waals surface area contributed by atoms with Crippen LogP contribution in [0.25, 0.3) is 0 Å². The normalized spacial score (nSPS) is 11.3. The number of hydrogen-bond acceptors (Lipinski definition) is 7. The second-order valence-corrected chi connectivity index (χ2v) is 5.93. The van der Waals surface area contributed by atoms with Crippen LogP contribution in [0.15, 0.2) is 53.8 Å². The van der Waals surface area contributed by atoms with Crippen LogP contribution in [0.1, 0.15) is 12.6 Å². The number of rotatable bonds is 5. The Morgan fingerprint density at radius 3 is 2.65 bits per heavy atom. The Balaban J connectivity index is 1.67. The van der Waals surface area contributed by atoms with Crippen molar-refractivity contribution >= 4 is 44.6 Å². The molecule has 2 N–H and O–H groups in total. The van der Waals surface area contributed by atoms with Crippen molar-refractivity contribution in [3.05, 3.63) is 59.4 Å². The van der Waals surface area contributed by atoms with Crippen molar-refractivity contribution in [1.82, 2.24) is 15.2 Å². The number of aromatic nitrogens is 3. The number of nitrogens with zero attached hydrogens (tertiary/aromatic N) is 4. The first-order valence-electron chi connectivity index (χ1n) is 6.79. The third-order valence-electron chi connectivity index (χ3n) is 2.90. The molecule has 3 aromatic rings. The molecule has 0 saturated carbocycles. The minimum atomic E-state index is 0.579. The minimum Gasteiger partial charge on any atom is -0.329 e. The van der Waals surface area contributed by atoms with Crippen LogP contribution in [0, 0.1) is 0 Å². The van der Waals surface area contributed by atoms with Gasteiger partial charge in [0.05, 0.1) is 22.1 Å². The van der Waals surface area contributed by atoms with E-state index in [1.807, 2.05) is 49.4 Å². The Morgan fingerprint density at radius 2 is 1.87 bits per heavy atom. The van der Waals surface area contributed by atoms with Crippen LogP contribution in [0.3, 0.4) is 0 Å². The number of nitrogens with one attached hydrogen (secondary N) is 2. The number of benzene rings is 1. The monoisotopic (exact) mass is 344 g/mol. The van der Waals surface area contributed by atoms with Crippen LogP contribution in [-0.4, -0.2) is 20.9 Å². The molecule has 0 radical (unpaired) electrons. The predicted octanol–water partition coefficient (Wildman–Crippen LogP) is 4.17. The zero-order valence-corrected chi connectivity index (χ0v) is 13.8. The molecule has 0 amide bonds. The Kier molecular flexibility index (Phi) is 4.80. The topological polar surface area (TPSA) is 75.1 Å². The molecule has 0 unspecified atom stereocenters. The molecule has 0 aliphatic carbocycles. The van der Waals surface area contributed by atoms with Crippen molar-refractivity contribution in [2.45, 2.75) is 6.92 Å². The lowest BCUT2D eigenvalue weighted by Gasteiger charge is -2.03. The molecular formula is C15H13ClN6S. The molecule has 3 rings (SSSR count). The van der Waals surface area contributed by atoms with E-state index >= 15 is 0 Å². The Bertz CT molecular complexity index is 818. The molecule has 0 fully saturated rings. The van der Waals surface area contributed by atoms with Crippen LogP contribution in [0.5, 0.6) is 0 Å². The number of halogens is 1. The maximum Gasteiger partial charge on any atom is 0.227 e. The van der Waals surface area contributed by atoms with E-state index < -0.39 is 0 Å². The molecule has 0 bridgehead atoms. The summed E-state index contributed by atoms with van der Waals surface area (Å²) in [6.45, 7) is 1.87. The molecule has 0 aliphatic rings. The highest BCUT2D eigenvalue weighted by Crippen LogP contribution is 2.28. The molecule has 2 heterocycles. The van der Waals surface area contributed by atoms with Gasteiger partial charge in [0, 0.05) is 6.20 Å². The average Bonchev–Trinajstić information content (AvgIpc) is 3.03. The summed E-state index contributed by atoms with van der Waals surface area (Å²) in [5, 5.41) is 17.3.